The summed E-state index contributed by atoms with van der Waals surface area (Å²) in [6.45, 7) is 0. The van der Waals surface area contributed by atoms with Gasteiger partial charge >= 0.3 is 0 Å². The summed E-state index contributed by atoms with van der Waals surface area (Å²) in [5, 5.41) is 2.04. The van der Waals surface area contributed by atoms with Gasteiger partial charge in [0.2, 0.25) is 0 Å². The molecule has 0 fully saturated rings. The van der Waals surface area contributed by atoms with Gasteiger partial charge in [-0.3, -0.25) is 0 Å². The second-order valence-electron chi connectivity index (χ2n) is 3.01. The van der Waals surface area contributed by atoms with Crippen molar-refractivity contribution in [2.24, 2.45) is 0 Å². The molecule has 78 valence electrons. The number of rotatable bonds is 3. The zero-order chi connectivity index (χ0) is 10.7. The van der Waals surface area contributed by atoms with Crippen LogP contribution in [0.2, 0.25) is 0 Å². The van der Waals surface area contributed by atoms with E-state index in [1.807, 2.05) is 29.6 Å². The first-order chi connectivity index (χ1) is 7.36. The summed E-state index contributed by atoms with van der Waals surface area (Å²) in [6.07, 6.45) is 0. The van der Waals surface area contributed by atoms with Gasteiger partial charge in [0.25, 0.3) is 0 Å². The van der Waals surface area contributed by atoms with Crippen molar-refractivity contribution in [2.75, 3.05) is 14.2 Å². The molecule has 0 radical (unpaired) electrons. The van der Waals surface area contributed by atoms with Crippen molar-refractivity contribution in [1.29, 1.82) is 0 Å². The number of ether oxygens (including phenoxy) is 2. The van der Waals surface area contributed by atoms with Crippen molar-refractivity contribution in [1.82, 2.24) is 0 Å². The highest BCUT2D eigenvalue weighted by atomic mass is 32.1. The van der Waals surface area contributed by atoms with Gasteiger partial charge in [0.1, 0.15) is 11.5 Å². The minimum Gasteiger partial charge on any atom is -0.496 e. The smallest absolute Gasteiger partial charge is 0.131 e. The van der Waals surface area contributed by atoms with Crippen LogP contribution in [0, 0.1) is 0 Å². The molecule has 1 heterocycles. The molecule has 0 atom stereocenters. The molecular formula is C12H12O2S. The Balaban J connectivity index is 2.61. The molecule has 2 nitrogen and oxygen atoms in total. The lowest BCUT2D eigenvalue weighted by atomic mass is 10.1. The molecular weight excluding hydrogens is 208 g/mol. The van der Waals surface area contributed by atoms with Crippen LogP contribution in [0.5, 0.6) is 11.5 Å². The Kier molecular flexibility index (Phi) is 2.92. The third-order valence-corrected chi connectivity index (χ3v) is 3.08. The fourth-order valence-electron chi connectivity index (χ4n) is 1.51. The van der Waals surface area contributed by atoms with E-state index in [1.54, 1.807) is 25.6 Å². The molecule has 0 unspecified atom stereocenters. The van der Waals surface area contributed by atoms with E-state index in [-0.39, 0.29) is 0 Å². The van der Waals surface area contributed by atoms with Gasteiger partial charge in [-0.05, 0) is 23.6 Å². The van der Waals surface area contributed by atoms with Gasteiger partial charge in [-0.2, -0.15) is 0 Å². The highest BCUT2D eigenvalue weighted by Gasteiger charge is 2.12. The van der Waals surface area contributed by atoms with Crippen LogP contribution in [-0.4, -0.2) is 14.2 Å². The molecule has 0 spiro atoms. The molecule has 2 rings (SSSR count). The van der Waals surface area contributed by atoms with Gasteiger partial charge in [0, 0.05) is 4.88 Å². The summed E-state index contributed by atoms with van der Waals surface area (Å²) >= 11 is 1.68. The number of hydrogen-bond acceptors (Lipinski definition) is 3. The Bertz CT molecular complexity index is 413. The second kappa shape index (κ2) is 4.36. The highest BCUT2D eigenvalue weighted by molar-refractivity contribution is 7.13. The lowest BCUT2D eigenvalue weighted by molar-refractivity contribution is 0.397. The van der Waals surface area contributed by atoms with E-state index in [0.717, 1.165) is 21.9 Å². The highest BCUT2D eigenvalue weighted by Crippen LogP contribution is 2.40. The zero-order valence-corrected chi connectivity index (χ0v) is 9.51. The van der Waals surface area contributed by atoms with Gasteiger partial charge in [-0.25, -0.2) is 0 Å². The van der Waals surface area contributed by atoms with Crippen LogP contribution in [0.4, 0.5) is 0 Å². The van der Waals surface area contributed by atoms with Crippen molar-refractivity contribution in [3.63, 3.8) is 0 Å². The second-order valence-corrected chi connectivity index (χ2v) is 3.96. The predicted molar refractivity (Wildman–Crippen MR) is 62.9 cm³/mol. The predicted octanol–water partition coefficient (Wildman–Crippen LogP) is 3.43. The fraction of sp³-hybridized carbons (Fsp3) is 0.167. The van der Waals surface area contributed by atoms with Gasteiger partial charge in [-0.1, -0.05) is 12.1 Å². The average molecular weight is 220 g/mol. The Morgan fingerprint density at radius 2 is 1.60 bits per heavy atom. The number of benzene rings is 1. The Morgan fingerprint density at radius 1 is 0.933 bits per heavy atom. The molecule has 3 heteroatoms. The first-order valence-electron chi connectivity index (χ1n) is 4.61. The first kappa shape index (κ1) is 10.1. The lowest BCUT2D eigenvalue weighted by Crippen LogP contribution is -1.91. The van der Waals surface area contributed by atoms with Crippen LogP contribution >= 0.6 is 11.3 Å². The largest absolute Gasteiger partial charge is 0.496 e. The molecule has 0 saturated carbocycles. The molecule has 0 N–H and O–H groups in total. The van der Waals surface area contributed by atoms with Crippen LogP contribution in [0.1, 0.15) is 0 Å². The summed E-state index contributed by atoms with van der Waals surface area (Å²) < 4.78 is 10.7. The van der Waals surface area contributed by atoms with Crippen LogP contribution in [0.15, 0.2) is 35.7 Å². The van der Waals surface area contributed by atoms with Crippen molar-refractivity contribution in [3.05, 3.63) is 35.7 Å². The molecule has 1 aromatic heterocycles. The van der Waals surface area contributed by atoms with E-state index >= 15 is 0 Å². The maximum Gasteiger partial charge on any atom is 0.131 e. The molecule has 1 aromatic carbocycles. The van der Waals surface area contributed by atoms with Gasteiger partial charge in [-0.15, -0.1) is 11.3 Å². The molecule has 2 aromatic rings. The molecule has 0 bridgehead atoms. The monoisotopic (exact) mass is 220 g/mol. The van der Waals surface area contributed by atoms with Crippen molar-refractivity contribution < 1.29 is 9.47 Å². The molecule has 15 heavy (non-hydrogen) atoms. The molecule has 0 aliphatic carbocycles. The van der Waals surface area contributed by atoms with Gasteiger partial charge < -0.3 is 9.47 Å². The van der Waals surface area contributed by atoms with E-state index in [1.165, 1.54) is 0 Å². The minimum atomic E-state index is 0.844. The van der Waals surface area contributed by atoms with Gasteiger partial charge in [0.05, 0.1) is 19.8 Å². The van der Waals surface area contributed by atoms with E-state index in [4.69, 9.17) is 9.47 Å². The number of methoxy groups -OCH3 is 2. The van der Waals surface area contributed by atoms with E-state index < -0.39 is 0 Å². The van der Waals surface area contributed by atoms with Crippen molar-refractivity contribution >= 4 is 11.3 Å². The van der Waals surface area contributed by atoms with Gasteiger partial charge in [0.15, 0.2) is 0 Å². The quantitative estimate of drug-likeness (QED) is 0.789. The standard InChI is InChI=1S/C12H12O2S/c1-13-9-5-3-6-10(14-2)12(9)11-7-4-8-15-11/h3-8H,1-2H3. The Morgan fingerprint density at radius 3 is 2.07 bits per heavy atom. The molecule has 0 aliphatic heterocycles. The third kappa shape index (κ3) is 1.83. The van der Waals surface area contributed by atoms with E-state index in [0.29, 0.717) is 0 Å². The molecule has 0 saturated heterocycles. The van der Waals surface area contributed by atoms with E-state index in [2.05, 4.69) is 6.07 Å². The van der Waals surface area contributed by atoms with Crippen LogP contribution in [0.25, 0.3) is 10.4 Å². The fourth-order valence-corrected chi connectivity index (χ4v) is 2.29. The maximum absolute atomic E-state index is 5.34. The average Bonchev–Trinajstić information content (AvgIpc) is 2.81. The molecule has 0 aliphatic rings. The van der Waals surface area contributed by atoms with E-state index in [9.17, 15) is 0 Å². The minimum absolute atomic E-state index is 0.844. The topological polar surface area (TPSA) is 18.5 Å². The normalized spacial score (nSPS) is 10.0. The first-order valence-corrected chi connectivity index (χ1v) is 5.49. The zero-order valence-electron chi connectivity index (χ0n) is 8.69. The Labute approximate surface area is 93.1 Å². The number of thiophene rings is 1. The lowest BCUT2D eigenvalue weighted by Gasteiger charge is -2.11. The van der Waals surface area contributed by atoms with Crippen molar-refractivity contribution in [2.45, 2.75) is 0 Å². The molecule has 0 amide bonds. The van der Waals surface area contributed by atoms with Crippen LogP contribution < -0.4 is 9.47 Å². The third-order valence-electron chi connectivity index (χ3n) is 2.20. The Hall–Kier alpha value is -1.48. The maximum atomic E-state index is 5.34. The summed E-state index contributed by atoms with van der Waals surface area (Å²) in [7, 11) is 3.34. The summed E-state index contributed by atoms with van der Waals surface area (Å²) in [5.74, 6) is 1.69. The number of hydrogen-bond donors (Lipinski definition) is 0. The van der Waals surface area contributed by atoms with Crippen molar-refractivity contribution in [3.8, 4) is 21.9 Å². The summed E-state index contributed by atoms with van der Waals surface area (Å²) in [4.78, 5) is 1.16. The van der Waals surface area contributed by atoms with Crippen LogP contribution in [-0.2, 0) is 0 Å². The summed E-state index contributed by atoms with van der Waals surface area (Å²) in [5.41, 5.74) is 1.03. The summed E-state index contributed by atoms with van der Waals surface area (Å²) in [6, 6.07) is 9.89. The van der Waals surface area contributed by atoms with Crippen LogP contribution in [0.3, 0.4) is 0 Å². The SMILES string of the molecule is COc1cccc(OC)c1-c1cccs1.